The van der Waals surface area contributed by atoms with Crippen LogP contribution in [0.25, 0.3) is 0 Å². The lowest BCUT2D eigenvalue weighted by Gasteiger charge is -2.58. The predicted octanol–water partition coefficient (Wildman–Crippen LogP) is 9.00. The smallest absolute Gasteiger partial charge is 0.00416 e. The third-order valence-corrected chi connectivity index (χ3v) is 10.8. The molecule has 0 aliphatic heterocycles. The van der Waals surface area contributed by atoms with E-state index in [1.54, 1.807) is 0 Å². The maximum Gasteiger partial charge on any atom is 0.00416 e. The van der Waals surface area contributed by atoms with Crippen molar-refractivity contribution in [2.45, 2.75) is 144 Å². The first-order valence-electron chi connectivity index (χ1n) is 14.1. The average Bonchev–Trinajstić information content (AvgIpc) is 2.77. The fourth-order valence-electron chi connectivity index (χ4n) is 9.07. The third kappa shape index (κ3) is 4.97. The zero-order valence-corrected chi connectivity index (χ0v) is 21.9. The first kappa shape index (κ1) is 26.2. The molecule has 6 atom stereocenters. The number of nitrogens with two attached hydrogens (primary N) is 1. The summed E-state index contributed by atoms with van der Waals surface area (Å²) in [6, 6.07) is 0.448. The molecule has 30 heavy (non-hydrogen) atoms. The summed E-state index contributed by atoms with van der Waals surface area (Å²) < 4.78 is 0. The van der Waals surface area contributed by atoms with Crippen molar-refractivity contribution < 1.29 is 0 Å². The van der Waals surface area contributed by atoms with Crippen LogP contribution in [0.4, 0.5) is 0 Å². The van der Waals surface area contributed by atoms with Gasteiger partial charge in [-0.3, -0.25) is 0 Å². The topological polar surface area (TPSA) is 26.0 Å². The summed E-state index contributed by atoms with van der Waals surface area (Å²) >= 11 is 0. The zero-order valence-electron chi connectivity index (χ0n) is 21.9. The summed E-state index contributed by atoms with van der Waals surface area (Å²) in [6.07, 6.45) is 19.5. The molecule has 1 nitrogen and oxygen atoms in total. The van der Waals surface area contributed by atoms with E-state index in [9.17, 15) is 0 Å². The lowest BCUT2D eigenvalue weighted by molar-refractivity contribution is -0.0867. The molecule has 2 N–H and O–H groups in total. The summed E-state index contributed by atoms with van der Waals surface area (Å²) in [5, 5.41) is 0. The lowest BCUT2D eigenvalue weighted by atomic mass is 9.47. The molecular formula is C29H57N. The first-order chi connectivity index (χ1) is 14.4. The van der Waals surface area contributed by atoms with Gasteiger partial charge in [0.1, 0.15) is 0 Å². The van der Waals surface area contributed by atoms with Gasteiger partial charge in [-0.15, -0.1) is 0 Å². The van der Waals surface area contributed by atoms with Gasteiger partial charge in [0, 0.05) is 6.04 Å². The van der Waals surface area contributed by atoms with Crippen molar-refractivity contribution in [1.29, 1.82) is 0 Å². The third-order valence-electron chi connectivity index (χ3n) is 10.8. The second-order valence-electron chi connectivity index (χ2n) is 11.6. The molecule has 178 valence electrons. The molecule has 0 aromatic heterocycles. The zero-order chi connectivity index (χ0) is 22.4. The normalized spacial score (nSPS) is 30.6. The highest BCUT2D eigenvalue weighted by molar-refractivity contribution is 5.02. The second-order valence-corrected chi connectivity index (χ2v) is 11.6. The summed E-state index contributed by atoms with van der Waals surface area (Å²) in [4.78, 5) is 0. The van der Waals surface area contributed by atoms with Crippen molar-refractivity contribution in [1.82, 2.24) is 0 Å². The Bertz CT molecular complexity index is 473. The molecule has 0 saturated heterocycles. The van der Waals surface area contributed by atoms with Crippen LogP contribution in [0.2, 0.25) is 0 Å². The van der Waals surface area contributed by atoms with Crippen molar-refractivity contribution in [3.63, 3.8) is 0 Å². The monoisotopic (exact) mass is 419 g/mol. The Labute approximate surface area is 190 Å². The van der Waals surface area contributed by atoms with Crippen LogP contribution >= 0.6 is 0 Å². The van der Waals surface area contributed by atoms with Crippen LogP contribution < -0.4 is 5.73 Å². The molecule has 2 saturated carbocycles. The summed E-state index contributed by atoms with van der Waals surface area (Å²) in [5.74, 6) is 4.30. The second kappa shape index (κ2) is 11.7. The van der Waals surface area contributed by atoms with Crippen LogP contribution in [-0.2, 0) is 0 Å². The lowest BCUT2D eigenvalue weighted by Crippen LogP contribution is -2.51. The molecule has 2 fully saturated rings. The molecule has 1 heteroatoms. The first-order valence-corrected chi connectivity index (χ1v) is 14.1. The van der Waals surface area contributed by atoms with Gasteiger partial charge in [-0.2, -0.15) is 0 Å². The van der Waals surface area contributed by atoms with E-state index >= 15 is 0 Å². The maximum absolute atomic E-state index is 6.47. The van der Waals surface area contributed by atoms with E-state index in [4.69, 9.17) is 5.73 Å². The molecule has 0 spiro atoms. The molecule has 2 rings (SSSR count). The van der Waals surface area contributed by atoms with Gasteiger partial charge in [0.25, 0.3) is 0 Å². The van der Waals surface area contributed by atoms with Crippen molar-refractivity contribution in [3.05, 3.63) is 0 Å². The van der Waals surface area contributed by atoms with E-state index in [-0.39, 0.29) is 0 Å². The minimum Gasteiger partial charge on any atom is -0.328 e. The summed E-state index contributed by atoms with van der Waals surface area (Å²) in [5.41, 5.74) is 7.55. The highest BCUT2D eigenvalue weighted by Gasteiger charge is 2.52. The Kier molecular flexibility index (Phi) is 10.2. The summed E-state index contributed by atoms with van der Waals surface area (Å²) in [7, 11) is 0. The van der Waals surface area contributed by atoms with Crippen molar-refractivity contribution in [2.75, 3.05) is 0 Å². The van der Waals surface area contributed by atoms with E-state index in [0.717, 1.165) is 29.6 Å². The van der Waals surface area contributed by atoms with Gasteiger partial charge < -0.3 is 5.73 Å². The Balaban J connectivity index is 2.44. The minimum atomic E-state index is 0.448. The van der Waals surface area contributed by atoms with Crippen molar-refractivity contribution in [2.24, 2.45) is 46.2 Å². The Morgan fingerprint density at radius 2 is 1.57 bits per heavy atom. The van der Waals surface area contributed by atoms with Crippen LogP contribution in [0.3, 0.4) is 0 Å². The molecular weight excluding hydrogens is 362 g/mol. The van der Waals surface area contributed by atoms with Crippen LogP contribution in [0, 0.1) is 40.4 Å². The largest absolute Gasteiger partial charge is 0.328 e. The molecule has 2 aliphatic rings. The Morgan fingerprint density at radius 3 is 2.07 bits per heavy atom. The van der Waals surface area contributed by atoms with Gasteiger partial charge >= 0.3 is 0 Å². The quantitative estimate of drug-likeness (QED) is 0.355. The molecule has 0 bridgehead atoms. The van der Waals surface area contributed by atoms with Crippen LogP contribution in [0.1, 0.15) is 138 Å². The molecule has 2 aliphatic carbocycles. The van der Waals surface area contributed by atoms with Gasteiger partial charge in [0.15, 0.2) is 0 Å². The van der Waals surface area contributed by atoms with Crippen LogP contribution in [0.5, 0.6) is 0 Å². The molecule has 0 aromatic carbocycles. The van der Waals surface area contributed by atoms with E-state index in [1.807, 2.05) is 0 Å². The molecule has 0 heterocycles. The highest BCUT2D eigenvalue weighted by Crippen LogP contribution is 2.60. The van der Waals surface area contributed by atoms with Gasteiger partial charge in [0.2, 0.25) is 0 Å². The van der Waals surface area contributed by atoms with Crippen LogP contribution in [-0.4, -0.2) is 6.04 Å². The number of hydrogen-bond donors (Lipinski definition) is 1. The maximum atomic E-state index is 6.47. The van der Waals surface area contributed by atoms with E-state index in [2.05, 4.69) is 48.5 Å². The standard InChI is InChI=1S/C29H57N/c1-8-16-22(6)29(19-14-13-15-20-29)23(7)26(10-3)28(11-4,12-5)27-18-17-25(30)21-24(27)9-2/h22-27H,8-21,30H2,1-7H3. The van der Waals surface area contributed by atoms with Crippen molar-refractivity contribution >= 4 is 0 Å². The fourth-order valence-corrected chi connectivity index (χ4v) is 9.07. The number of hydrogen-bond acceptors (Lipinski definition) is 1. The van der Waals surface area contributed by atoms with E-state index in [1.165, 1.54) is 89.9 Å². The van der Waals surface area contributed by atoms with Gasteiger partial charge in [0.05, 0.1) is 0 Å². The van der Waals surface area contributed by atoms with Gasteiger partial charge in [-0.05, 0) is 85.4 Å². The number of rotatable bonds is 11. The molecule has 6 unspecified atom stereocenters. The Hall–Kier alpha value is -0.0400. The van der Waals surface area contributed by atoms with Gasteiger partial charge in [-0.1, -0.05) is 93.4 Å². The molecule has 0 aromatic rings. The Morgan fingerprint density at radius 1 is 0.933 bits per heavy atom. The highest BCUT2D eigenvalue weighted by atomic mass is 14.7. The minimum absolute atomic E-state index is 0.448. The fraction of sp³-hybridized carbons (Fsp3) is 1.00. The SMILES string of the molecule is CCCC(C)C1(C(C)C(CC)C(CC)(CC)C2CCC(N)CC2CC)CCCCC1. The molecule has 0 amide bonds. The van der Waals surface area contributed by atoms with Crippen LogP contribution in [0.15, 0.2) is 0 Å². The van der Waals surface area contributed by atoms with Crippen molar-refractivity contribution in [3.8, 4) is 0 Å². The van der Waals surface area contributed by atoms with E-state index < -0.39 is 0 Å². The average molecular weight is 420 g/mol. The molecule has 0 radical (unpaired) electrons. The predicted molar refractivity (Wildman–Crippen MR) is 135 cm³/mol. The van der Waals surface area contributed by atoms with E-state index in [0.29, 0.717) is 16.9 Å². The summed E-state index contributed by atoms with van der Waals surface area (Å²) in [6.45, 7) is 17.7. The van der Waals surface area contributed by atoms with Gasteiger partial charge in [-0.25, -0.2) is 0 Å².